The van der Waals surface area contributed by atoms with E-state index in [0.717, 1.165) is 18.1 Å². The van der Waals surface area contributed by atoms with E-state index in [9.17, 15) is 0 Å². The van der Waals surface area contributed by atoms with Crippen LogP contribution in [0, 0.1) is 6.92 Å². The molecule has 0 spiro atoms. The van der Waals surface area contributed by atoms with Gasteiger partial charge >= 0.3 is 63.9 Å². The zero-order valence-corrected chi connectivity index (χ0v) is 11.3. The van der Waals surface area contributed by atoms with Gasteiger partial charge in [0.25, 0.3) is 0 Å². The van der Waals surface area contributed by atoms with Crippen LogP contribution in [0.3, 0.4) is 0 Å². The summed E-state index contributed by atoms with van der Waals surface area (Å²) < 4.78 is 2.09. The second-order valence-electron chi connectivity index (χ2n) is 1.65. The van der Waals surface area contributed by atoms with Gasteiger partial charge in [-0.3, -0.25) is 0 Å². The van der Waals surface area contributed by atoms with Crippen LogP contribution in [0.5, 0.6) is 0 Å². The normalized spacial score (nSPS) is 8.50. The molecule has 10 heavy (non-hydrogen) atoms. The molecule has 0 aliphatic rings. The monoisotopic (exact) mass is 476 g/mol. The van der Waals surface area contributed by atoms with Crippen molar-refractivity contribution in [2.75, 3.05) is 0 Å². The maximum atomic E-state index is 4.06. The molecule has 0 radical (unpaired) electrons. The summed E-state index contributed by atoms with van der Waals surface area (Å²) in [5, 5.41) is 7.59. The van der Waals surface area contributed by atoms with E-state index in [1.807, 2.05) is 6.92 Å². The van der Waals surface area contributed by atoms with Crippen LogP contribution in [-0.4, -0.2) is 14.6 Å². The third kappa shape index (κ3) is 2.98. The van der Waals surface area contributed by atoms with Gasteiger partial charge < -0.3 is 0 Å². The van der Waals surface area contributed by atoms with Gasteiger partial charge in [-0.1, -0.05) is 0 Å². The van der Waals surface area contributed by atoms with Crippen LogP contribution in [0.1, 0.15) is 11.6 Å². The first-order chi connectivity index (χ1) is 4.33. The summed E-state index contributed by atoms with van der Waals surface area (Å²) >= 11 is 1.45. The van der Waals surface area contributed by atoms with Crippen LogP contribution in [0.4, 0.5) is 0 Å². The Kier molecular flexibility index (Phi) is 5.29. The van der Waals surface area contributed by atoms with Gasteiger partial charge in [-0.25, -0.2) is 0 Å². The van der Waals surface area contributed by atoms with Gasteiger partial charge in [-0.05, 0) is 0 Å². The first-order valence-electron chi connectivity index (χ1n) is 2.59. The number of rotatable bonds is 2. The van der Waals surface area contributed by atoms with Crippen LogP contribution in [0.25, 0.3) is 0 Å². The third-order valence-electron chi connectivity index (χ3n) is 0.867. The molecule has 0 atom stereocenters. The van der Waals surface area contributed by atoms with Crippen molar-refractivity contribution in [2.24, 2.45) is 0 Å². The molecule has 0 aliphatic carbocycles. The van der Waals surface area contributed by atoms with Crippen LogP contribution < -0.4 is 4.98 Å². The van der Waals surface area contributed by atoms with Crippen LogP contribution in [0.15, 0.2) is 0 Å². The summed E-state index contributed by atoms with van der Waals surface area (Å²) in [5.74, 6) is 1.60. The van der Waals surface area contributed by atoms with Crippen molar-refractivity contribution in [2.45, 2.75) is 13.3 Å². The first-order valence-corrected chi connectivity index (χ1v) is 4.29. The summed E-state index contributed by atoms with van der Waals surface area (Å²) in [6.45, 7) is 1.85. The molecule has 0 aliphatic heterocycles. The van der Waals surface area contributed by atoms with E-state index in [2.05, 4.69) is 19.6 Å². The van der Waals surface area contributed by atoms with E-state index in [-0.39, 0.29) is 21.1 Å². The minimum absolute atomic E-state index is 0. The van der Waals surface area contributed by atoms with Crippen molar-refractivity contribution in [1.29, 1.82) is 0 Å². The van der Waals surface area contributed by atoms with Crippen LogP contribution in [-0.2, 0) is 46.8 Å². The maximum absolute atomic E-state index is 4.06. The van der Waals surface area contributed by atoms with Gasteiger partial charge in [0.05, 0.1) is 0 Å². The third-order valence-corrected chi connectivity index (χ3v) is 1.47. The largest absolute Gasteiger partial charge is 0 e. The average Bonchev–Trinajstić information content (AvgIpc) is 2.17. The van der Waals surface area contributed by atoms with E-state index >= 15 is 0 Å². The smallest absolute Gasteiger partial charge is 0 e. The van der Waals surface area contributed by atoms with Gasteiger partial charge in [0.15, 0.2) is 0 Å². The summed E-state index contributed by atoms with van der Waals surface area (Å²) in [5.41, 5.74) is 0. The molecule has 0 aromatic carbocycles. The molecule has 1 heterocycles. The minimum atomic E-state index is 0. The molecule has 54 valence electrons. The number of aromatic nitrogens is 3. The topological polar surface area (TPSA) is 39.9 Å². The van der Waals surface area contributed by atoms with Crippen molar-refractivity contribution in [3.63, 3.8) is 0 Å². The van der Waals surface area contributed by atoms with E-state index in [4.69, 9.17) is 0 Å². The van der Waals surface area contributed by atoms with Crippen LogP contribution >= 0.6 is 0 Å². The van der Waals surface area contributed by atoms with Crippen molar-refractivity contribution >= 4 is 4.40 Å². The van der Waals surface area contributed by atoms with Crippen molar-refractivity contribution in [1.82, 2.24) is 15.2 Å². The molecule has 1 aromatic heterocycles. The molecule has 3 nitrogen and oxygen atoms in total. The molecule has 0 N–H and O–H groups in total. The molecule has 0 fully saturated rings. The van der Waals surface area contributed by atoms with Gasteiger partial charge in [0, 0.05) is 21.1 Å². The second kappa shape index (κ2) is 5.09. The van der Waals surface area contributed by atoms with Crippen molar-refractivity contribution < 1.29 is 40.4 Å². The molecule has 1 aromatic rings. The van der Waals surface area contributed by atoms with Gasteiger partial charge in [-0.15, -0.1) is 0 Å². The number of aryl methyl sites for hydroxylation is 1. The van der Waals surface area contributed by atoms with Gasteiger partial charge in [-0.2, -0.15) is 0 Å². The van der Waals surface area contributed by atoms with E-state index in [1.54, 1.807) is 0 Å². The van der Waals surface area contributed by atoms with E-state index in [0.29, 0.717) is 0 Å². The fourth-order valence-corrected chi connectivity index (χ4v) is 1.06. The molecular weight excluding hydrogens is 470 g/mol. The van der Waals surface area contributed by atoms with E-state index in [1.165, 1.54) is 19.4 Å². The Bertz CT molecular complexity index is 208. The Morgan fingerprint density at radius 2 is 2.30 bits per heavy atom. The van der Waals surface area contributed by atoms with Crippen LogP contribution in [0.2, 0.25) is 0 Å². The first kappa shape index (κ1) is 10.4. The number of hydrogen-bond donors (Lipinski definition) is 0. The number of hydrogen-bond acceptors (Lipinski definition) is 2. The Labute approximate surface area is 84.7 Å². The molecule has 0 saturated carbocycles. The SMILES string of the molecule is Cc1nnc(C[CH]=[W])[n-]1.[W]. The van der Waals surface area contributed by atoms with Gasteiger partial charge in [0.2, 0.25) is 0 Å². The molecule has 0 saturated heterocycles. The minimum Gasteiger partial charge on any atom is 0 e. The number of nitrogens with zero attached hydrogens (tertiary/aromatic N) is 3. The molecule has 0 bridgehead atoms. The molecule has 0 unspecified atom stereocenters. The predicted octanol–water partition coefficient (Wildman–Crippen LogP) is -0.369. The summed E-state index contributed by atoms with van der Waals surface area (Å²) in [7, 11) is 0. The fourth-order valence-electron chi connectivity index (χ4n) is 0.523. The Balaban J connectivity index is 0.000000810. The fraction of sp³-hybridized carbons (Fsp3) is 0.400. The van der Waals surface area contributed by atoms with Gasteiger partial charge in [0.1, 0.15) is 0 Å². The molecule has 0 amide bonds. The quantitative estimate of drug-likeness (QED) is 0.586. The zero-order valence-electron chi connectivity index (χ0n) is 5.44. The van der Waals surface area contributed by atoms with E-state index < -0.39 is 0 Å². The Hall–Kier alpha value is 0.387. The maximum Gasteiger partial charge on any atom is 0 e. The molecular formula is C5H6N3W2-. The Morgan fingerprint density at radius 1 is 1.60 bits per heavy atom. The Morgan fingerprint density at radius 3 is 2.70 bits per heavy atom. The summed E-state index contributed by atoms with van der Waals surface area (Å²) in [6.07, 6.45) is 0.857. The average molecular weight is 476 g/mol. The predicted molar refractivity (Wildman–Crippen MR) is 29.9 cm³/mol. The summed E-state index contributed by atoms with van der Waals surface area (Å²) in [4.78, 5) is 4.06. The molecule has 1 rings (SSSR count). The van der Waals surface area contributed by atoms with Crippen molar-refractivity contribution in [3.05, 3.63) is 11.6 Å². The summed E-state index contributed by atoms with van der Waals surface area (Å²) in [6, 6.07) is 0. The standard InChI is InChI=1S/C5H6N3.2W/c1-3-5-6-4(2)7-8-5;;/h1H,3H2,2H3;;/q-1;;. The zero-order chi connectivity index (χ0) is 6.69. The second-order valence-corrected chi connectivity index (χ2v) is 2.84. The van der Waals surface area contributed by atoms with Crippen molar-refractivity contribution in [3.8, 4) is 0 Å². The molecule has 5 heteroatoms.